The second kappa shape index (κ2) is 10.4. The molecule has 4 nitrogen and oxygen atoms in total. The Kier molecular flexibility index (Phi) is 7.04. The fourth-order valence-electron chi connectivity index (χ4n) is 5.23. The molecule has 3 heterocycles. The number of pyridine rings is 2. The predicted molar refractivity (Wildman–Crippen MR) is 133 cm³/mol. The molecule has 1 saturated heterocycles. The highest BCUT2D eigenvalue weighted by Crippen LogP contribution is 2.36. The molecule has 0 radical (unpaired) electrons. The maximum absolute atomic E-state index is 13.1. The van der Waals surface area contributed by atoms with E-state index in [1.807, 2.05) is 24.4 Å². The van der Waals surface area contributed by atoms with Crippen molar-refractivity contribution >= 4 is 5.82 Å². The van der Waals surface area contributed by atoms with Gasteiger partial charge in [0.1, 0.15) is 5.82 Å². The molecule has 0 amide bonds. The van der Waals surface area contributed by atoms with Crippen LogP contribution >= 0.6 is 0 Å². The van der Waals surface area contributed by atoms with Gasteiger partial charge < -0.3 is 10.2 Å². The molecular formula is C28H31F3N4. The number of anilines is 1. The summed E-state index contributed by atoms with van der Waals surface area (Å²) in [6.45, 7) is 3.54. The zero-order chi connectivity index (χ0) is 24.3. The van der Waals surface area contributed by atoms with Crippen LogP contribution in [0.1, 0.15) is 43.4 Å². The lowest BCUT2D eigenvalue weighted by Crippen LogP contribution is -2.43. The number of piperazine rings is 1. The first-order valence-corrected chi connectivity index (χ1v) is 12.6. The monoisotopic (exact) mass is 480 g/mol. The van der Waals surface area contributed by atoms with E-state index in [9.17, 15) is 13.2 Å². The summed E-state index contributed by atoms with van der Waals surface area (Å²) in [7, 11) is 0. The molecule has 35 heavy (non-hydrogen) atoms. The number of benzene rings is 1. The molecule has 2 aromatic heterocycles. The van der Waals surface area contributed by atoms with Crippen LogP contribution in [-0.4, -0.2) is 36.1 Å². The fourth-order valence-corrected chi connectivity index (χ4v) is 5.23. The minimum atomic E-state index is -4.36. The fraction of sp³-hybridized carbons (Fsp3) is 0.429. The van der Waals surface area contributed by atoms with Gasteiger partial charge in [0.25, 0.3) is 0 Å². The number of nitrogens with one attached hydrogen (secondary N) is 1. The van der Waals surface area contributed by atoms with E-state index in [0.717, 1.165) is 78.6 Å². The number of hydrogen-bond acceptors (Lipinski definition) is 4. The SMILES string of the molecule is FC(F)(F)c1ccc(-c2ccc(N3CCNCC3)nc2-c2ccnc(CC3CCCCC3)c2)cc1. The number of nitrogens with zero attached hydrogens (tertiary/aromatic N) is 3. The van der Waals surface area contributed by atoms with Crippen LogP contribution in [-0.2, 0) is 12.6 Å². The molecule has 2 aliphatic rings. The van der Waals surface area contributed by atoms with Gasteiger partial charge in [0.15, 0.2) is 0 Å². The summed E-state index contributed by atoms with van der Waals surface area (Å²) >= 11 is 0. The Morgan fingerprint density at radius 1 is 0.886 bits per heavy atom. The Bertz CT molecular complexity index is 1130. The first-order valence-electron chi connectivity index (χ1n) is 12.6. The second-order valence-corrected chi connectivity index (χ2v) is 9.62. The Morgan fingerprint density at radius 3 is 2.34 bits per heavy atom. The van der Waals surface area contributed by atoms with E-state index in [2.05, 4.69) is 21.3 Å². The third-order valence-corrected chi connectivity index (χ3v) is 7.16. The summed E-state index contributed by atoms with van der Waals surface area (Å²) in [5, 5.41) is 3.36. The first-order chi connectivity index (χ1) is 17.0. The highest BCUT2D eigenvalue weighted by molar-refractivity contribution is 5.82. The smallest absolute Gasteiger partial charge is 0.354 e. The van der Waals surface area contributed by atoms with E-state index in [1.54, 1.807) is 0 Å². The second-order valence-electron chi connectivity index (χ2n) is 9.62. The molecule has 1 aliphatic heterocycles. The van der Waals surface area contributed by atoms with Crippen molar-refractivity contribution < 1.29 is 13.2 Å². The van der Waals surface area contributed by atoms with Crippen molar-refractivity contribution in [2.75, 3.05) is 31.1 Å². The van der Waals surface area contributed by atoms with Gasteiger partial charge in [-0.15, -0.1) is 0 Å². The molecule has 1 N–H and O–H groups in total. The van der Waals surface area contributed by atoms with Crippen molar-refractivity contribution in [3.05, 3.63) is 66.0 Å². The van der Waals surface area contributed by atoms with Gasteiger partial charge in [-0.25, -0.2) is 4.98 Å². The van der Waals surface area contributed by atoms with Crippen LogP contribution in [0, 0.1) is 5.92 Å². The number of alkyl halides is 3. The summed E-state index contributed by atoms with van der Waals surface area (Å²) in [5.74, 6) is 1.56. The van der Waals surface area contributed by atoms with Gasteiger partial charge in [0.2, 0.25) is 0 Å². The lowest BCUT2D eigenvalue weighted by molar-refractivity contribution is -0.137. The summed E-state index contributed by atoms with van der Waals surface area (Å²) in [4.78, 5) is 11.9. The van der Waals surface area contributed by atoms with E-state index >= 15 is 0 Å². The standard InChI is InChI=1S/C28H31F3N4/c29-28(30,31)23-8-6-21(7-9-23)25-10-11-26(35-16-14-32-15-17-35)34-27(25)22-12-13-33-24(19-22)18-20-4-2-1-3-5-20/h6-13,19-20,32H,1-5,14-18H2. The molecule has 184 valence electrons. The molecule has 2 fully saturated rings. The van der Waals surface area contributed by atoms with Crippen molar-refractivity contribution in [2.24, 2.45) is 5.92 Å². The maximum atomic E-state index is 13.1. The molecule has 0 spiro atoms. The topological polar surface area (TPSA) is 41.0 Å². The first kappa shape index (κ1) is 23.8. The van der Waals surface area contributed by atoms with Gasteiger partial charge in [-0.3, -0.25) is 4.98 Å². The minimum absolute atomic E-state index is 0.646. The average Bonchev–Trinajstić information content (AvgIpc) is 2.89. The van der Waals surface area contributed by atoms with Crippen molar-refractivity contribution in [1.82, 2.24) is 15.3 Å². The highest BCUT2D eigenvalue weighted by Gasteiger charge is 2.30. The van der Waals surface area contributed by atoms with E-state index in [0.29, 0.717) is 5.92 Å². The lowest BCUT2D eigenvalue weighted by atomic mass is 9.86. The van der Waals surface area contributed by atoms with Crippen LogP contribution in [0.5, 0.6) is 0 Å². The zero-order valence-corrected chi connectivity index (χ0v) is 19.8. The third-order valence-electron chi connectivity index (χ3n) is 7.16. The van der Waals surface area contributed by atoms with Crippen LogP contribution < -0.4 is 10.2 Å². The molecule has 1 aromatic carbocycles. The van der Waals surface area contributed by atoms with Crippen molar-refractivity contribution in [3.63, 3.8) is 0 Å². The normalized spacial score (nSPS) is 17.5. The van der Waals surface area contributed by atoms with Crippen LogP contribution in [0.25, 0.3) is 22.4 Å². The molecule has 7 heteroatoms. The Balaban J connectivity index is 1.52. The maximum Gasteiger partial charge on any atom is 0.416 e. The Hall–Kier alpha value is -2.93. The quantitative estimate of drug-likeness (QED) is 0.461. The summed E-state index contributed by atoms with van der Waals surface area (Å²) in [5.41, 5.74) is 3.70. The zero-order valence-electron chi connectivity index (χ0n) is 19.8. The van der Waals surface area contributed by atoms with Gasteiger partial charge >= 0.3 is 6.18 Å². The molecular weight excluding hydrogens is 449 g/mol. The molecule has 1 aliphatic carbocycles. The number of aromatic nitrogens is 2. The summed E-state index contributed by atoms with van der Waals surface area (Å²) in [6.07, 6.45) is 4.84. The van der Waals surface area contributed by atoms with Gasteiger partial charge in [-0.05, 0) is 54.3 Å². The van der Waals surface area contributed by atoms with E-state index in [4.69, 9.17) is 4.98 Å². The molecule has 3 aromatic rings. The van der Waals surface area contributed by atoms with Crippen LogP contribution in [0.15, 0.2) is 54.7 Å². The number of rotatable bonds is 5. The average molecular weight is 481 g/mol. The van der Waals surface area contributed by atoms with Gasteiger partial charge in [-0.2, -0.15) is 13.2 Å². The van der Waals surface area contributed by atoms with Crippen LogP contribution in [0.2, 0.25) is 0 Å². The van der Waals surface area contributed by atoms with Gasteiger partial charge in [-0.1, -0.05) is 44.2 Å². The van der Waals surface area contributed by atoms with E-state index in [1.165, 1.54) is 44.2 Å². The van der Waals surface area contributed by atoms with Crippen LogP contribution in [0.4, 0.5) is 19.0 Å². The van der Waals surface area contributed by atoms with Gasteiger partial charge in [0, 0.05) is 49.2 Å². The van der Waals surface area contributed by atoms with E-state index in [-0.39, 0.29) is 0 Å². The van der Waals surface area contributed by atoms with Gasteiger partial charge in [0.05, 0.1) is 11.3 Å². The van der Waals surface area contributed by atoms with Crippen molar-refractivity contribution in [1.29, 1.82) is 0 Å². The summed E-state index contributed by atoms with van der Waals surface area (Å²) in [6, 6.07) is 13.4. The minimum Gasteiger partial charge on any atom is -0.354 e. The summed E-state index contributed by atoms with van der Waals surface area (Å²) < 4.78 is 39.4. The highest BCUT2D eigenvalue weighted by atomic mass is 19.4. The molecule has 0 bridgehead atoms. The van der Waals surface area contributed by atoms with Crippen molar-refractivity contribution in [2.45, 2.75) is 44.7 Å². The number of hydrogen-bond donors (Lipinski definition) is 1. The molecule has 5 rings (SSSR count). The lowest BCUT2D eigenvalue weighted by Gasteiger charge is -2.29. The largest absolute Gasteiger partial charge is 0.416 e. The predicted octanol–water partition coefficient (Wildman–Crippen LogP) is 6.36. The third kappa shape index (κ3) is 5.67. The van der Waals surface area contributed by atoms with Crippen LogP contribution in [0.3, 0.4) is 0 Å². The molecule has 0 atom stereocenters. The molecule has 1 saturated carbocycles. The van der Waals surface area contributed by atoms with Crippen molar-refractivity contribution in [3.8, 4) is 22.4 Å². The van der Waals surface area contributed by atoms with E-state index < -0.39 is 11.7 Å². The molecule has 0 unspecified atom stereocenters. The Labute approximate surface area is 204 Å². The Morgan fingerprint density at radius 2 is 1.63 bits per heavy atom. The number of halogens is 3.